The van der Waals surface area contributed by atoms with E-state index in [1.807, 2.05) is 25.1 Å². The molecule has 1 aliphatic heterocycles. The summed E-state index contributed by atoms with van der Waals surface area (Å²) in [5.41, 5.74) is 2.14. The number of hydrogen-bond donors (Lipinski definition) is 2. The van der Waals surface area contributed by atoms with E-state index in [1.165, 1.54) is 0 Å². The SMILES string of the molecule is Cc1[nH]c(-c2ccc3c(c2)OCO3)nc1CC(=O)O. The van der Waals surface area contributed by atoms with Crippen molar-refractivity contribution >= 4 is 5.97 Å². The second kappa shape index (κ2) is 4.31. The van der Waals surface area contributed by atoms with E-state index in [1.54, 1.807) is 0 Å². The second-order valence-electron chi connectivity index (χ2n) is 4.30. The average molecular weight is 260 g/mol. The van der Waals surface area contributed by atoms with Crippen LogP contribution in [0, 0.1) is 6.92 Å². The normalized spacial score (nSPS) is 12.7. The lowest BCUT2D eigenvalue weighted by Gasteiger charge is -1.99. The zero-order chi connectivity index (χ0) is 13.4. The van der Waals surface area contributed by atoms with Gasteiger partial charge >= 0.3 is 5.97 Å². The van der Waals surface area contributed by atoms with Gasteiger partial charge < -0.3 is 19.6 Å². The molecule has 1 aromatic heterocycles. The molecule has 0 amide bonds. The lowest BCUT2D eigenvalue weighted by atomic mass is 10.2. The smallest absolute Gasteiger partial charge is 0.309 e. The first-order chi connectivity index (χ1) is 9.13. The van der Waals surface area contributed by atoms with Gasteiger partial charge in [-0.05, 0) is 25.1 Å². The van der Waals surface area contributed by atoms with Crippen molar-refractivity contribution in [3.8, 4) is 22.9 Å². The molecule has 0 radical (unpaired) electrons. The Morgan fingerprint density at radius 2 is 2.21 bits per heavy atom. The highest BCUT2D eigenvalue weighted by atomic mass is 16.7. The summed E-state index contributed by atoms with van der Waals surface area (Å²) in [4.78, 5) is 18.1. The number of imidazole rings is 1. The number of carboxylic acids is 1. The number of nitrogens with zero attached hydrogens (tertiary/aromatic N) is 1. The molecule has 0 aliphatic carbocycles. The Bertz CT molecular complexity index is 648. The number of aromatic amines is 1. The van der Waals surface area contributed by atoms with Gasteiger partial charge in [0, 0.05) is 11.3 Å². The number of H-pyrrole nitrogens is 1. The minimum absolute atomic E-state index is 0.0904. The van der Waals surface area contributed by atoms with E-state index in [-0.39, 0.29) is 13.2 Å². The first-order valence-electron chi connectivity index (χ1n) is 5.81. The summed E-state index contributed by atoms with van der Waals surface area (Å²) >= 11 is 0. The molecule has 0 fully saturated rings. The van der Waals surface area contributed by atoms with Crippen LogP contribution in [0.2, 0.25) is 0 Å². The fourth-order valence-corrected chi connectivity index (χ4v) is 1.99. The van der Waals surface area contributed by atoms with Crippen molar-refractivity contribution in [3.05, 3.63) is 29.6 Å². The third-order valence-electron chi connectivity index (χ3n) is 2.95. The van der Waals surface area contributed by atoms with E-state index in [0.29, 0.717) is 23.0 Å². The molecule has 6 heteroatoms. The van der Waals surface area contributed by atoms with Gasteiger partial charge in [0.15, 0.2) is 11.5 Å². The Balaban J connectivity index is 1.96. The minimum Gasteiger partial charge on any atom is -0.481 e. The number of aliphatic carboxylic acids is 1. The zero-order valence-electron chi connectivity index (χ0n) is 10.3. The Hall–Kier alpha value is -2.50. The van der Waals surface area contributed by atoms with Crippen LogP contribution in [-0.4, -0.2) is 27.8 Å². The van der Waals surface area contributed by atoms with Crippen LogP contribution in [0.25, 0.3) is 11.4 Å². The Morgan fingerprint density at radius 3 is 3.00 bits per heavy atom. The van der Waals surface area contributed by atoms with Gasteiger partial charge in [-0.1, -0.05) is 0 Å². The van der Waals surface area contributed by atoms with E-state index < -0.39 is 5.97 Å². The molecule has 1 aliphatic rings. The predicted molar refractivity (Wildman–Crippen MR) is 66.2 cm³/mol. The molecule has 6 nitrogen and oxygen atoms in total. The van der Waals surface area contributed by atoms with Gasteiger partial charge in [0.25, 0.3) is 0 Å². The summed E-state index contributed by atoms with van der Waals surface area (Å²) in [6, 6.07) is 5.49. The molecule has 0 saturated heterocycles. The van der Waals surface area contributed by atoms with Crippen LogP contribution in [0.3, 0.4) is 0 Å². The first kappa shape index (κ1) is 11.6. The molecule has 98 valence electrons. The first-order valence-corrected chi connectivity index (χ1v) is 5.81. The molecule has 2 N–H and O–H groups in total. The molecule has 1 aromatic carbocycles. The standard InChI is InChI=1S/C13H12N2O4/c1-7-9(5-12(16)17)15-13(14-7)8-2-3-10-11(4-8)19-6-18-10/h2-4H,5-6H2,1H3,(H,14,15)(H,16,17). The number of carbonyl (C=O) groups is 1. The number of benzene rings is 1. The van der Waals surface area contributed by atoms with Crippen molar-refractivity contribution in [2.45, 2.75) is 13.3 Å². The zero-order valence-corrected chi connectivity index (χ0v) is 10.3. The van der Waals surface area contributed by atoms with Crippen molar-refractivity contribution < 1.29 is 19.4 Å². The van der Waals surface area contributed by atoms with Crippen LogP contribution in [0.5, 0.6) is 11.5 Å². The predicted octanol–water partition coefficient (Wildman–Crippen LogP) is 1.74. The number of ether oxygens (including phenoxy) is 2. The maximum absolute atomic E-state index is 10.7. The third kappa shape index (κ3) is 2.12. The van der Waals surface area contributed by atoms with Crippen LogP contribution >= 0.6 is 0 Å². The highest BCUT2D eigenvalue weighted by Gasteiger charge is 2.16. The van der Waals surface area contributed by atoms with Crippen LogP contribution in [0.4, 0.5) is 0 Å². The maximum Gasteiger partial charge on any atom is 0.309 e. The van der Waals surface area contributed by atoms with Crippen molar-refractivity contribution in [2.75, 3.05) is 6.79 Å². The van der Waals surface area contributed by atoms with Crippen molar-refractivity contribution in [1.82, 2.24) is 9.97 Å². The lowest BCUT2D eigenvalue weighted by molar-refractivity contribution is -0.136. The van der Waals surface area contributed by atoms with Crippen LogP contribution < -0.4 is 9.47 Å². The number of hydrogen-bond acceptors (Lipinski definition) is 4. The molecule has 0 bridgehead atoms. The fourth-order valence-electron chi connectivity index (χ4n) is 1.99. The summed E-state index contributed by atoms with van der Waals surface area (Å²) in [6.45, 7) is 2.03. The highest BCUT2D eigenvalue weighted by molar-refractivity contribution is 5.70. The van der Waals surface area contributed by atoms with Gasteiger partial charge in [-0.25, -0.2) is 4.98 Å². The Morgan fingerprint density at radius 1 is 1.42 bits per heavy atom. The quantitative estimate of drug-likeness (QED) is 0.878. The lowest BCUT2D eigenvalue weighted by Crippen LogP contribution is -2.01. The summed E-state index contributed by atoms with van der Waals surface area (Å²) in [5.74, 6) is 1.11. The highest BCUT2D eigenvalue weighted by Crippen LogP contribution is 2.35. The van der Waals surface area contributed by atoms with E-state index >= 15 is 0 Å². The minimum atomic E-state index is -0.896. The van der Waals surface area contributed by atoms with Gasteiger partial charge in [0.1, 0.15) is 5.82 Å². The molecule has 2 heterocycles. The van der Waals surface area contributed by atoms with Crippen molar-refractivity contribution in [1.29, 1.82) is 0 Å². The van der Waals surface area contributed by atoms with E-state index in [0.717, 1.165) is 11.3 Å². The number of rotatable bonds is 3. The second-order valence-corrected chi connectivity index (χ2v) is 4.30. The molecular weight excluding hydrogens is 248 g/mol. The van der Waals surface area contributed by atoms with Gasteiger partial charge in [-0.15, -0.1) is 0 Å². The van der Waals surface area contributed by atoms with Gasteiger partial charge in [-0.2, -0.15) is 0 Å². The van der Waals surface area contributed by atoms with Crippen molar-refractivity contribution in [2.24, 2.45) is 0 Å². The van der Waals surface area contributed by atoms with Crippen LogP contribution in [0.15, 0.2) is 18.2 Å². The van der Waals surface area contributed by atoms with E-state index in [4.69, 9.17) is 14.6 Å². The Kier molecular flexibility index (Phi) is 2.63. The number of aromatic nitrogens is 2. The summed E-state index contributed by atoms with van der Waals surface area (Å²) in [6.07, 6.45) is -0.0904. The topological polar surface area (TPSA) is 84.4 Å². The summed E-state index contributed by atoms with van der Waals surface area (Å²) < 4.78 is 10.5. The molecular formula is C13H12N2O4. The number of carboxylic acid groups (broad SMARTS) is 1. The average Bonchev–Trinajstić information content (AvgIpc) is 2.95. The van der Waals surface area contributed by atoms with E-state index in [2.05, 4.69) is 9.97 Å². The number of nitrogens with one attached hydrogen (secondary N) is 1. The molecule has 2 aromatic rings. The third-order valence-corrected chi connectivity index (χ3v) is 2.95. The molecule has 0 unspecified atom stereocenters. The van der Waals surface area contributed by atoms with E-state index in [9.17, 15) is 4.79 Å². The number of aryl methyl sites for hydroxylation is 1. The maximum atomic E-state index is 10.7. The van der Waals surface area contributed by atoms with Crippen LogP contribution in [0.1, 0.15) is 11.4 Å². The van der Waals surface area contributed by atoms with Crippen molar-refractivity contribution in [3.63, 3.8) is 0 Å². The largest absolute Gasteiger partial charge is 0.481 e. The summed E-state index contributed by atoms with van der Waals surface area (Å²) in [5, 5.41) is 8.81. The Labute approximate surface area is 109 Å². The monoisotopic (exact) mass is 260 g/mol. The van der Waals surface area contributed by atoms with Gasteiger partial charge in [0.2, 0.25) is 6.79 Å². The fraction of sp³-hybridized carbons (Fsp3) is 0.231. The van der Waals surface area contributed by atoms with Gasteiger partial charge in [0.05, 0.1) is 12.1 Å². The molecule has 19 heavy (non-hydrogen) atoms. The molecule has 0 atom stereocenters. The van der Waals surface area contributed by atoms with Gasteiger partial charge in [-0.3, -0.25) is 4.79 Å². The van der Waals surface area contributed by atoms with Crippen LogP contribution in [-0.2, 0) is 11.2 Å². The molecule has 0 spiro atoms. The summed E-state index contributed by atoms with van der Waals surface area (Å²) in [7, 11) is 0. The number of fused-ring (bicyclic) bond motifs is 1. The molecule has 0 saturated carbocycles. The molecule has 3 rings (SSSR count).